The number of carbonyl (C=O) groups is 2. The molecule has 1 aliphatic heterocycles. The maximum absolute atomic E-state index is 12.5. The van der Waals surface area contributed by atoms with Gasteiger partial charge in [0.05, 0.1) is 12.5 Å². The lowest BCUT2D eigenvalue weighted by Gasteiger charge is -2.36. The van der Waals surface area contributed by atoms with Crippen LogP contribution in [0.2, 0.25) is 5.02 Å². The zero-order chi connectivity index (χ0) is 16.4. The van der Waals surface area contributed by atoms with Crippen LogP contribution in [0.15, 0.2) is 24.3 Å². The van der Waals surface area contributed by atoms with E-state index in [2.05, 4.69) is 0 Å². The number of carbonyl (C=O) groups excluding carboxylic acids is 2. The predicted octanol–water partition coefficient (Wildman–Crippen LogP) is 1.64. The maximum Gasteiger partial charge on any atom is 0.242 e. The van der Waals surface area contributed by atoms with E-state index in [1.54, 1.807) is 9.80 Å². The van der Waals surface area contributed by atoms with Gasteiger partial charge in [-0.05, 0) is 30.5 Å². The zero-order valence-electron chi connectivity index (χ0n) is 13.1. The molecular weight excluding hydrogens is 314 g/mol. The number of amides is 2. The van der Waals surface area contributed by atoms with Crippen molar-refractivity contribution in [1.29, 1.82) is 0 Å². The van der Waals surface area contributed by atoms with Crippen molar-refractivity contribution in [2.24, 2.45) is 11.7 Å². The Kier molecular flexibility index (Phi) is 4.87. The molecule has 2 atom stereocenters. The summed E-state index contributed by atoms with van der Waals surface area (Å²) in [5, 5.41) is 0.684. The van der Waals surface area contributed by atoms with E-state index in [9.17, 15) is 9.59 Å². The second-order valence-corrected chi connectivity index (χ2v) is 6.84. The van der Waals surface area contributed by atoms with Crippen molar-refractivity contribution >= 4 is 23.4 Å². The number of rotatable bonds is 3. The molecule has 6 heteroatoms. The molecule has 3 rings (SSSR count). The number of piperazine rings is 1. The summed E-state index contributed by atoms with van der Waals surface area (Å²) < 4.78 is 0. The quantitative estimate of drug-likeness (QED) is 0.913. The van der Waals surface area contributed by atoms with Gasteiger partial charge in [0.15, 0.2) is 0 Å². The van der Waals surface area contributed by atoms with Crippen molar-refractivity contribution in [2.45, 2.75) is 31.8 Å². The molecule has 0 unspecified atom stereocenters. The Hall–Kier alpha value is -1.59. The molecule has 2 N–H and O–H groups in total. The van der Waals surface area contributed by atoms with Crippen molar-refractivity contribution in [1.82, 2.24) is 9.80 Å². The summed E-state index contributed by atoms with van der Waals surface area (Å²) in [6.07, 6.45) is 2.75. The molecule has 0 bridgehead atoms. The molecule has 1 aromatic rings. The van der Waals surface area contributed by atoms with Crippen molar-refractivity contribution < 1.29 is 9.59 Å². The van der Waals surface area contributed by atoms with Gasteiger partial charge in [-0.1, -0.05) is 30.2 Å². The van der Waals surface area contributed by atoms with Crippen LogP contribution in [0.5, 0.6) is 0 Å². The van der Waals surface area contributed by atoms with Crippen molar-refractivity contribution in [3.05, 3.63) is 34.9 Å². The molecule has 1 saturated heterocycles. The molecule has 5 nitrogen and oxygen atoms in total. The highest BCUT2D eigenvalue weighted by Crippen LogP contribution is 2.26. The first kappa shape index (κ1) is 16.3. The molecule has 2 amide bonds. The average molecular weight is 336 g/mol. The fraction of sp³-hybridized carbons (Fsp3) is 0.529. The van der Waals surface area contributed by atoms with E-state index in [1.807, 2.05) is 24.3 Å². The van der Waals surface area contributed by atoms with Crippen LogP contribution in [0, 0.1) is 5.92 Å². The highest BCUT2D eigenvalue weighted by molar-refractivity contribution is 6.30. The first-order chi connectivity index (χ1) is 11.0. The van der Waals surface area contributed by atoms with Crippen molar-refractivity contribution in [3.63, 3.8) is 0 Å². The first-order valence-electron chi connectivity index (χ1n) is 8.11. The maximum atomic E-state index is 12.5. The molecule has 2 aliphatic rings. The molecule has 23 heavy (non-hydrogen) atoms. The van der Waals surface area contributed by atoms with E-state index in [0.717, 1.165) is 24.8 Å². The van der Waals surface area contributed by atoms with Crippen LogP contribution in [0.4, 0.5) is 0 Å². The van der Waals surface area contributed by atoms with Gasteiger partial charge >= 0.3 is 0 Å². The van der Waals surface area contributed by atoms with Crippen LogP contribution in [0.25, 0.3) is 0 Å². The number of nitrogens with two attached hydrogens (primary N) is 1. The molecule has 1 aliphatic carbocycles. The molecule has 1 aromatic carbocycles. The number of nitrogens with zero attached hydrogens (tertiary/aromatic N) is 2. The molecule has 1 heterocycles. The van der Waals surface area contributed by atoms with Gasteiger partial charge in [-0.15, -0.1) is 0 Å². The zero-order valence-corrected chi connectivity index (χ0v) is 13.8. The van der Waals surface area contributed by atoms with E-state index in [4.69, 9.17) is 17.3 Å². The lowest BCUT2D eigenvalue weighted by Crippen LogP contribution is -2.54. The molecule has 0 radical (unpaired) electrons. The average Bonchev–Trinajstić information content (AvgIpc) is 2.97. The Bertz CT molecular complexity index is 590. The Labute approximate surface area is 141 Å². The minimum Gasteiger partial charge on any atom is -0.335 e. The van der Waals surface area contributed by atoms with Crippen LogP contribution in [0.1, 0.15) is 24.8 Å². The Morgan fingerprint density at radius 3 is 2.57 bits per heavy atom. The van der Waals surface area contributed by atoms with E-state index < -0.39 is 0 Å². The number of benzene rings is 1. The summed E-state index contributed by atoms with van der Waals surface area (Å²) in [7, 11) is 0. The van der Waals surface area contributed by atoms with Gasteiger partial charge in [-0.2, -0.15) is 0 Å². The fourth-order valence-electron chi connectivity index (χ4n) is 3.40. The van der Waals surface area contributed by atoms with Crippen LogP contribution in [-0.4, -0.2) is 47.3 Å². The molecular formula is C17H22ClN3O2. The lowest BCUT2D eigenvalue weighted by atomic mass is 10.0. The van der Waals surface area contributed by atoms with Gasteiger partial charge in [0, 0.05) is 30.7 Å². The van der Waals surface area contributed by atoms with E-state index in [-0.39, 0.29) is 30.3 Å². The smallest absolute Gasteiger partial charge is 0.242 e. The van der Waals surface area contributed by atoms with Crippen LogP contribution in [0.3, 0.4) is 0 Å². The largest absolute Gasteiger partial charge is 0.335 e. The predicted molar refractivity (Wildman–Crippen MR) is 88.8 cm³/mol. The van der Waals surface area contributed by atoms with E-state index >= 15 is 0 Å². The third-order valence-electron chi connectivity index (χ3n) is 4.80. The molecule has 2 fully saturated rings. The third kappa shape index (κ3) is 3.67. The second kappa shape index (κ2) is 6.89. The summed E-state index contributed by atoms with van der Waals surface area (Å²) in [5.41, 5.74) is 7.05. The monoisotopic (exact) mass is 335 g/mol. The molecule has 1 saturated carbocycles. The Morgan fingerprint density at radius 1 is 1.22 bits per heavy atom. The van der Waals surface area contributed by atoms with Crippen molar-refractivity contribution in [3.8, 4) is 0 Å². The van der Waals surface area contributed by atoms with Crippen LogP contribution < -0.4 is 5.73 Å². The van der Waals surface area contributed by atoms with E-state index in [1.165, 1.54) is 0 Å². The van der Waals surface area contributed by atoms with Crippen molar-refractivity contribution in [2.75, 3.05) is 19.6 Å². The van der Waals surface area contributed by atoms with Gasteiger partial charge in [-0.3, -0.25) is 9.59 Å². The normalized spacial score (nSPS) is 25.0. The SMILES string of the molecule is N[C@H]1CCC[C@@H]1C(=O)N1CCN(Cc2ccc(Cl)cc2)C(=O)C1. The van der Waals surface area contributed by atoms with Gasteiger partial charge in [0.25, 0.3) is 0 Å². The van der Waals surface area contributed by atoms with Crippen LogP contribution in [-0.2, 0) is 16.1 Å². The molecule has 0 aromatic heterocycles. The van der Waals surface area contributed by atoms with Gasteiger partial charge in [0.1, 0.15) is 0 Å². The second-order valence-electron chi connectivity index (χ2n) is 6.40. The summed E-state index contributed by atoms with van der Waals surface area (Å²) in [4.78, 5) is 28.3. The van der Waals surface area contributed by atoms with E-state index in [0.29, 0.717) is 24.7 Å². The summed E-state index contributed by atoms with van der Waals surface area (Å²) in [6.45, 7) is 1.87. The highest BCUT2D eigenvalue weighted by Gasteiger charge is 2.36. The minimum atomic E-state index is -0.106. The number of hydrogen-bond acceptors (Lipinski definition) is 3. The standard InChI is InChI=1S/C17H22ClN3O2/c18-13-6-4-12(5-7-13)10-20-8-9-21(11-16(20)22)17(23)14-2-1-3-15(14)19/h4-7,14-15H,1-3,8-11,19H2/t14-,15-/m0/s1. The number of halogens is 1. The minimum absolute atomic E-state index is 0.00822. The summed E-state index contributed by atoms with van der Waals surface area (Å²) in [5.74, 6) is -0.0637. The van der Waals surface area contributed by atoms with Gasteiger partial charge < -0.3 is 15.5 Å². The fourth-order valence-corrected chi connectivity index (χ4v) is 3.53. The van der Waals surface area contributed by atoms with Crippen LogP contribution >= 0.6 is 11.6 Å². The Balaban J connectivity index is 1.57. The molecule has 124 valence electrons. The summed E-state index contributed by atoms with van der Waals surface area (Å²) in [6, 6.07) is 7.44. The molecule has 0 spiro atoms. The van der Waals surface area contributed by atoms with Gasteiger partial charge in [-0.25, -0.2) is 0 Å². The number of hydrogen-bond donors (Lipinski definition) is 1. The Morgan fingerprint density at radius 2 is 1.96 bits per heavy atom. The first-order valence-corrected chi connectivity index (χ1v) is 8.49. The lowest BCUT2D eigenvalue weighted by molar-refractivity contribution is -0.148. The topological polar surface area (TPSA) is 66.6 Å². The van der Waals surface area contributed by atoms with Gasteiger partial charge in [0.2, 0.25) is 11.8 Å². The highest BCUT2D eigenvalue weighted by atomic mass is 35.5. The third-order valence-corrected chi connectivity index (χ3v) is 5.06. The summed E-state index contributed by atoms with van der Waals surface area (Å²) >= 11 is 5.88.